The minimum atomic E-state index is -0.714. The fraction of sp³-hybridized carbons (Fsp3) is 0.303. The summed E-state index contributed by atoms with van der Waals surface area (Å²) >= 11 is 6.00. The van der Waals surface area contributed by atoms with Gasteiger partial charge in [-0.15, -0.1) is 0 Å². The summed E-state index contributed by atoms with van der Waals surface area (Å²) < 4.78 is 19.8. The molecule has 0 fully saturated rings. The summed E-state index contributed by atoms with van der Waals surface area (Å²) in [6.45, 7) is 2.15. The minimum Gasteiger partial charge on any atom is -0.469 e. The molecule has 8 nitrogen and oxygen atoms in total. The van der Waals surface area contributed by atoms with Gasteiger partial charge in [0.05, 0.1) is 41.9 Å². The maximum Gasteiger partial charge on any atom is 0.309 e. The molecular weight excluding hydrogens is 571 g/mol. The highest BCUT2D eigenvalue weighted by Gasteiger charge is 2.31. The number of anilines is 1. The van der Waals surface area contributed by atoms with E-state index in [1.807, 2.05) is 37.3 Å². The number of methoxy groups -OCH3 is 1. The van der Waals surface area contributed by atoms with Gasteiger partial charge in [-0.1, -0.05) is 37.1 Å². The molecule has 0 saturated carbocycles. The molecule has 1 N–H and O–H groups in total. The first-order valence-electron chi connectivity index (χ1n) is 14.1. The van der Waals surface area contributed by atoms with Crippen LogP contribution in [0.1, 0.15) is 61.0 Å². The van der Waals surface area contributed by atoms with Gasteiger partial charge in [-0.25, -0.2) is 4.39 Å². The molecule has 2 aliphatic rings. The highest BCUT2D eigenvalue weighted by molar-refractivity contribution is 6.31. The molecule has 0 aliphatic carbocycles. The van der Waals surface area contributed by atoms with Gasteiger partial charge in [0.1, 0.15) is 0 Å². The molecule has 43 heavy (non-hydrogen) atoms. The third-order valence-corrected chi connectivity index (χ3v) is 8.32. The van der Waals surface area contributed by atoms with Crippen molar-refractivity contribution in [3.05, 3.63) is 88.0 Å². The lowest BCUT2D eigenvalue weighted by atomic mass is 9.91. The first-order valence-corrected chi connectivity index (χ1v) is 14.4. The van der Waals surface area contributed by atoms with E-state index in [0.717, 1.165) is 11.1 Å². The number of aromatic nitrogens is 1. The van der Waals surface area contributed by atoms with Crippen LogP contribution in [0.3, 0.4) is 0 Å². The second-order valence-electron chi connectivity index (χ2n) is 10.8. The predicted molar refractivity (Wildman–Crippen MR) is 160 cm³/mol. The summed E-state index contributed by atoms with van der Waals surface area (Å²) in [5.74, 6) is -1.85. The molecule has 0 saturated heterocycles. The Balaban J connectivity index is 1.53. The molecular formula is C33H30ClFN4O4. The van der Waals surface area contributed by atoms with E-state index in [9.17, 15) is 24.0 Å². The number of nitrogens with zero attached hydrogens (tertiary/aromatic N) is 3. The number of ether oxygens (including phenoxy) is 1. The third kappa shape index (κ3) is 6.30. The second-order valence-corrected chi connectivity index (χ2v) is 11.2. The van der Waals surface area contributed by atoms with Gasteiger partial charge >= 0.3 is 5.97 Å². The monoisotopic (exact) mass is 600 g/mol. The standard InChI is InChI=1S/C33H30ClFN4O4/c1-19-4-3-5-28(39-13-11-22(17-29(39)40)31-23(18-36)7-9-25(34)32(31)35)27-16-21(10-12-37-27)24-8-6-20(15-30(41)43-2)14-26(24)38-33(19)42/h6-10,12,14,16-17,19,28H,3-5,11,13,15H2,1-2H3,(H,38,42)/t19-,28+/m1/s1. The SMILES string of the molecule is COC(=O)Cc1ccc2c(c1)NC(=O)[C@H](C)CCC[C@H](N1CCC(c3c(C#N)ccc(Cl)c3F)=CC1=O)c1cc-2ccn1. The summed E-state index contributed by atoms with van der Waals surface area (Å²) in [5, 5.41) is 12.5. The molecule has 220 valence electrons. The number of hydrogen-bond acceptors (Lipinski definition) is 6. The van der Waals surface area contributed by atoms with Crippen LogP contribution in [0.25, 0.3) is 16.7 Å². The van der Waals surface area contributed by atoms with Gasteiger partial charge in [-0.2, -0.15) is 5.26 Å². The summed E-state index contributed by atoms with van der Waals surface area (Å²) in [6, 6.07) is 13.6. The van der Waals surface area contributed by atoms with Crippen LogP contribution in [-0.2, 0) is 25.5 Å². The summed E-state index contributed by atoms with van der Waals surface area (Å²) in [7, 11) is 1.33. The van der Waals surface area contributed by atoms with Crippen molar-refractivity contribution >= 4 is 40.6 Å². The van der Waals surface area contributed by atoms with E-state index >= 15 is 0 Å². The van der Waals surface area contributed by atoms with Crippen molar-refractivity contribution < 1.29 is 23.5 Å². The quantitative estimate of drug-likeness (QED) is 0.355. The maximum absolute atomic E-state index is 15.0. The molecule has 0 unspecified atom stereocenters. The van der Waals surface area contributed by atoms with E-state index in [1.165, 1.54) is 25.3 Å². The number of fused-ring (bicyclic) bond motifs is 4. The van der Waals surface area contributed by atoms with Gasteiger partial charge in [0.2, 0.25) is 11.8 Å². The highest BCUT2D eigenvalue weighted by Crippen LogP contribution is 2.38. The topological polar surface area (TPSA) is 112 Å². The van der Waals surface area contributed by atoms with Gasteiger partial charge in [-0.05, 0) is 66.3 Å². The maximum atomic E-state index is 15.0. The number of benzene rings is 2. The molecule has 5 rings (SSSR count). The van der Waals surface area contributed by atoms with Crippen LogP contribution in [0.2, 0.25) is 5.02 Å². The largest absolute Gasteiger partial charge is 0.469 e. The first kappa shape index (κ1) is 29.9. The minimum absolute atomic E-state index is 0.0600. The van der Waals surface area contributed by atoms with Crippen molar-refractivity contribution in [1.82, 2.24) is 9.88 Å². The van der Waals surface area contributed by atoms with Gasteiger partial charge in [-0.3, -0.25) is 19.4 Å². The molecule has 0 spiro atoms. The molecule has 2 aliphatic heterocycles. The summed E-state index contributed by atoms with van der Waals surface area (Å²) in [5.41, 5.74) is 4.13. The fourth-order valence-corrected chi connectivity index (χ4v) is 5.84. The van der Waals surface area contributed by atoms with E-state index in [2.05, 4.69) is 10.3 Å². The molecule has 2 aromatic carbocycles. The Labute approximate surface area is 254 Å². The van der Waals surface area contributed by atoms with Crippen LogP contribution in [0.4, 0.5) is 10.1 Å². The number of carbonyl (C=O) groups is 3. The molecule has 1 aromatic heterocycles. The van der Waals surface area contributed by atoms with Crippen LogP contribution in [-0.4, -0.2) is 41.3 Å². The summed E-state index contributed by atoms with van der Waals surface area (Å²) in [4.78, 5) is 45.0. The van der Waals surface area contributed by atoms with E-state index < -0.39 is 5.82 Å². The van der Waals surface area contributed by atoms with Gasteiger partial charge < -0.3 is 15.0 Å². The lowest BCUT2D eigenvalue weighted by Gasteiger charge is -2.34. The number of hydrogen-bond donors (Lipinski definition) is 1. The third-order valence-electron chi connectivity index (χ3n) is 8.03. The Morgan fingerprint density at radius 3 is 2.77 bits per heavy atom. The Morgan fingerprint density at radius 1 is 1.21 bits per heavy atom. The zero-order valence-corrected chi connectivity index (χ0v) is 24.6. The number of esters is 1. The van der Waals surface area contributed by atoms with Gasteiger partial charge in [0.25, 0.3) is 0 Å². The highest BCUT2D eigenvalue weighted by atomic mass is 35.5. The fourth-order valence-electron chi connectivity index (χ4n) is 5.68. The van der Waals surface area contributed by atoms with Crippen LogP contribution in [0.15, 0.2) is 54.7 Å². The van der Waals surface area contributed by atoms with Crippen molar-refractivity contribution in [3.8, 4) is 17.2 Å². The van der Waals surface area contributed by atoms with Gasteiger partial charge in [0.15, 0.2) is 5.82 Å². The van der Waals surface area contributed by atoms with E-state index in [-0.39, 0.29) is 52.3 Å². The van der Waals surface area contributed by atoms with E-state index in [0.29, 0.717) is 54.7 Å². The average Bonchev–Trinajstić information content (AvgIpc) is 3.00. The Hall–Kier alpha value is -4.55. The smallest absolute Gasteiger partial charge is 0.309 e. The first-order chi connectivity index (χ1) is 20.7. The summed E-state index contributed by atoms with van der Waals surface area (Å²) in [6.07, 6.45) is 5.27. The number of nitriles is 1. The Kier molecular flexibility index (Phi) is 8.88. The number of rotatable bonds is 4. The van der Waals surface area contributed by atoms with Crippen LogP contribution >= 0.6 is 11.6 Å². The van der Waals surface area contributed by atoms with E-state index in [1.54, 1.807) is 17.2 Å². The van der Waals surface area contributed by atoms with Crippen LogP contribution in [0.5, 0.6) is 0 Å². The molecule has 3 heterocycles. The van der Waals surface area contributed by atoms with Crippen molar-refractivity contribution in [1.29, 1.82) is 5.26 Å². The molecule has 2 bridgehead atoms. The number of pyridine rings is 1. The molecule has 2 amide bonds. The Bertz CT molecular complexity index is 1680. The molecule has 2 atom stereocenters. The van der Waals surface area contributed by atoms with Crippen molar-refractivity contribution in [2.45, 2.75) is 45.1 Å². The normalized spacial score (nSPS) is 18.8. The number of halogens is 2. The van der Waals surface area contributed by atoms with Crippen molar-refractivity contribution in [3.63, 3.8) is 0 Å². The van der Waals surface area contributed by atoms with Gasteiger partial charge in [0, 0.05) is 41.5 Å². The Morgan fingerprint density at radius 2 is 2.02 bits per heavy atom. The lowest BCUT2D eigenvalue weighted by Crippen LogP contribution is -2.38. The molecule has 3 aromatic rings. The molecule has 10 heteroatoms. The zero-order valence-electron chi connectivity index (χ0n) is 23.8. The average molecular weight is 601 g/mol. The number of nitrogens with one attached hydrogen (secondary N) is 1. The second kappa shape index (κ2) is 12.8. The lowest BCUT2D eigenvalue weighted by molar-refractivity contribution is -0.139. The van der Waals surface area contributed by atoms with Crippen LogP contribution in [0, 0.1) is 23.1 Å². The zero-order chi connectivity index (χ0) is 30.7. The molecule has 0 radical (unpaired) electrons. The van der Waals surface area contributed by atoms with Crippen molar-refractivity contribution in [2.24, 2.45) is 5.92 Å². The predicted octanol–water partition coefficient (Wildman–Crippen LogP) is 6.24. The van der Waals surface area contributed by atoms with E-state index in [4.69, 9.17) is 16.3 Å². The number of amides is 2. The van der Waals surface area contributed by atoms with Crippen LogP contribution < -0.4 is 5.32 Å². The number of carbonyl (C=O) groups excluding carboxylic acids is 3. The van der Waals surface area contributed by atoms with Crippen molar-refractivity contribution in [2.75, 3.05) is 19.0 Å².